The first-order valence-electron chi connectivity index (χ1n) is 16.5. The molecule has 8 nitrogen and oxygen atoms in total. The smallest absolute Gasteiger partial charge is 0.416 e. The maximum absolute atomic E-state index is 14.2. The summed E-state index contributed by atoms with van der Waals surface area (Å²) in [5.74, 6) is -0.979. The maximum atomic E-state index is 14.2. The summed E-state index contributed by atoms with van der Waals surface area (Å²) in [4.78, 5) is 41.4. The van der Waals surface area contributed by atoms with Gasteiger partial charge < -0.3 is 14.4 Å². The highest BCUT2D eigenvalue weighted by atomic mass is 19.4. The molecule has 0 amide bonds. The van der Waals surface area contributed by atoms with Crippen molar-refractivity contribution in [2.45, 2.75) is 71.9 Å². The molecule has 2 aliphatic carbocycles. The number of carbonyl (C=O) groups excluding carboxylic acids is 2. The van der Waals surface area contributed by atoms with E-state index in [1.54, 1.807) is 12.1 Å². The van der Waals surface area contributed by atoms with Gasteiger partial charge in [-0.25, -0.2) is 0 Å². The largest absolute Gasteiger partial charge is 0.493 e. The van der Waals surface area contributed by atoms with Gasteiger partial charge in [-0.15, -0.1) is 0 Å². The molecular formula is C39H39F3N2O6. The van der Waals surface area contributed by atoms with E-state index in [4.69, 9.17) is 9.47 Å². The summed E-state index contributed by atoms with van der Waals surface area (Å²) >= 11 is 0. The van der Waals surface area contributed by atoms with Crippen molar-refractivity contribution < 1.29 is 37.2 Å². The number of allylic oxidation sites excluding steroid dienone is 4. The second-order valence-electron chi connectivity index (χ2n) is 14.9. The lowest BCUT2D eigenvalue weighted by Gasteiger charge is -2.49. The van der Waals surface area contributed by atoms with Gasteiger partial charge in [0.05, 0.1) is 17.6 Å². The number of Topliss-reactive ketones (excluding diaryl/α,β-unsaturated/α-hetero) is 2. The fraction of sp³-hybridized carbons (Fsp3) is 0.385. The number of nitrogens with zero attached hydrogens (tertiary/aromatic N) is 2. The van der Waals surface area contributed by atoms with Gasteiger partial charge >= 0.3 is 11.9 Å². The Balaban J connectivity index is 1.47. The summed E-state index contributed by atoms with van der Waals surface area (Å²) in [6.07, 6.45) is -2.15. The molecule has 0 bridgehead atoms. The number of hydrogen-bond donors (Lipinski definition) is 0. The fourth-order valence-corrected chi connectivity index (χ4v) is 7.53. The molecule has 0 saturated carbocycles. The lowest BCUT2D eigenvalue weighted by molar-refractivity contribution is -0.385. The molecule has 0 radical (unpaired) electrons. The van der Waals surface area contributed by atoms with E-state index in [2.05, 4.69) is 44.7 Å². The van der Waals surface area contributed by atoms with Crippen LogP contribution in [0, 0.1) is 20.9 Å². The van der Waals surface area contributed by atoms with Crippen LogP contribution in [0.2, 0.25) is 0 Å². The van der Waals surface area contributed by atoms with Crippen LogP contribution in [0.15, 0.2) is 89.3 Å². The molecule has 1 heterocycles. The predicted octanol–water partition coefficient (Wildman–Crippen LogP) is 9.34. The van der Waals surface area contributed by atoms with E-state index in [1.807, 2.05) is 18.2 Å². The van der Waals surface area contributed by atoms with Crippen LogP contribution in [0.3, 0.4) is 0 Å². The van der Waals surface area contributed by atoms with Crippen molar-refractivity contribution in [2.24, 2.45) is 10.8 Å². The average Bonchev–Trinajstić information content (AvgIpc) is 3.02. The lowest BCUT2D eigenvalue weighted by Crippen LogP contribution is -2.45. The minimum Gasteiger partial charge on any atom is -0.493 e. The SMILES string of the molecule is COc1cc(C2C3=C(CC(C)(C)CC3=O)N(CCc3ccccc3)C3=C2C(=O)CC(C)(C)C3)ccc1Oc1ccc(C(F)(F)F)cc1[N+](=O)[O-]. The Morgan fingerprint density at radius 2 is 1.40 bits per heavy atom. The lowest BCUT2D eigenvalue weighted by atomic mass is 9.63. The van der Waals surface area contributed by atoms with E-state index in [0.717, 1.165) is 29.4 Å². The van der Waals surface area contributed by atoms with E-state index >= 15 is 0 Å². The summed E-state index contributed by atoms with van der Waals surface area (Å²) in [6, 6.07) is 17.0. The van der Waals surface area contributed by atoms with Crippen LogP contribution in [0.4, 0.5) is 18.9 Å². The number of carbonyl (C=O) groups is 2. The van der Waals surface area contributed by atoms with E-state index in [1.165, 1.54) is 13.2 Å². The minimum absolute atomic E-state index is 0.0232. The Hall–Kier alpha value is -4.93. The quantitative estimate of drug-likeness (QED) is 0.172. The second kappa shape index (κ2) is 12.8. The zero-order chi connectivity index (χ0) is 36.2. The van der Waals surface area contributed by atoms with E-state index in [-0.39, 0.29) is 33.9 Å². The number of hydrogen-bond acceptors (Lipinski definition) is 7. The normalized spacial score (nSPS) is 18.9. The molecule has 262 valence electrons. The third-order valence-corrected chi connectivity index (χ3v) is 9.71. The van der Waals surface area contributed by atoms with Gasteiger partial charge in [-0.05, 0) is 65.5 Å². The zero-order valence-electron chi connectivity index (χ0n) is 28.6. The number of nitro benzene ring substituents is 1. The minimum atomic E-state index is -4.78. The molecule has 11 heteroatoms. The molecule has 0 fully saturated rings. The van der Waals surface area contributed by atoms with Gasteiger partial charge in [0.1, 0.15) is 0 Å². The van der Waals surface area contributed by atoms with Crippen molar-refractivity contribution in [3.63, 3.8) is 0 Å². The van der Waals surface area contributed by atoms with Crippen LogP contribution in [-0.4, -0.2) is 35.0 Å². The first kappa shape index (κ1) is 34.9. The summed E-state index contributed by atoms with van der Waals surface area (Å²) in [5, 5.41) is 11.7. The zero-order valence-corrected chi connectivity index (χ0v) is 28.6. The van der Waals surface area contributed by atoms with E-state index in [9.17, 15) is 32.9 Å². The number of nitro groups is 1. The van der Waals surface area contributed by atoms with Gasteiger partial charge in [0, 0.05) is 53.9 Å². The molecule has 0 saturated heterocycles. The van der Waals surface area contributed by atoms with Gasteiger partial charge in [-0.2, -0.15) is 13.2 Å². The molecule has 6 rings (SSSR count). The highest BCUT2D eigenvalue weighted by Crippen LogP contribution is 2.55. The number of ketones is 2. The van der Waals surface area contributed by atoms with Crippen molar-refractivity contribution in [2.75, 3.05) is 13.7 Å². The van der Waals surface area contributed by atoms with Gasteiger partial charge in [-0.3, -0.25) is 19.7 Å². The number of ether oxygens (including phenoxy) is 2. The van der Waals surface area contributed by atoms with Gasteiger partial charge in [-0.1, -0.05) is 64.1 Å². The molecule has 0 unspecified atom stereocenters. The summed E-state index contributed by atoms with van der Waals surface area (Å²) in [6.45, 7) is 8.91. The van der Waals surface area contributed by atoms with Crippen molar-refractivity contribution >= 4 is 17.3 Å². The number of rotatable bonds is 8. The van der Waals surface area contributed by atoms with E-state index < -0.39 is 34.0 Å². The Morgan fingerprint density at radius 1 is 0.820 bits per heavy atom. The maximum Gasteiger partial charge on any atom is 0.416 e. The van der Waals surface area contributed by atoms with Crippen molar-refractivity contribution in [1.82, 2.24) is 4.90 Å². The molecule has 3 aromatic carbocycles. The van der Waals surface area contributed by atoms with Crippen LogP contribution < -0.4 is 9.47 Å². The van der Waals surface area contributed by atoms with Crippen LogP contribution in [0.25, 0.3) is 0 Å². The predicted molar refractivity (Wildman–Crippen MR) is 181 cm³/mol. The topological polar surface area (TPSA) is 99.0 Å². The van der Waals surface area contributed by atoms with E-state index in [0.29, 0.717) is 61.1 Å². The van der Waals surface area contributed by atoms with Crippen molar-refractivity contribution in [3.05, 3.63) is 116 Å². The van der Waals surface area contributed by atoms with Crippen LogP contribution in [0.5, 0.6) is 17.2 Å². The third kappa shape index (κ3) is 6.78. The summed E-state index contributed by atoms with van der Waals surface area (Å²) in [7, 11) is 1.37. The highest BCUT2D eigenvalue weighted by molar-refractivity contribution is 6.06. The molecular weight excluding hydrogens is 649 g/mol. The average molecular weight is 689 g/mol. The molecule has 3 aromatic rings. The fourth-order valence-electron chi connectivity index (χ4n) is 7.53. The Kier molecular flexibility index (Phi) is 8.90. The number of alkyl halides is 3. The monoisotopic (exact) mass is 688 g/mol. The third-order valence-electron chi connectivity index (χ3n) is 9.71. The van der Waals surface area contributed by atoms with Crippen LogP contribution in [0.1, 0.15) is 76.0 Å². The second-order valence-corrected chi connectivity index (χ2v) is 14.9. The molecule has 1 aliphatic heterocycles. The van der Waals surface area contributed by atoms with Crippen molar-refractivity contribution in [1.29, 1.82) is 0 Å². The summed E-state index contributed by atoms with van der Waals surface area (Å²) in [5.41, 5.74) is 2.11. The summed E-state index contributed by atoms with van der Waals surface area (Å²) < 4.78 is 51.4. The molecule has 0 spiro atoms. The molecule has 50 heavy (non-hydrogen) atoms. The van der Waals surface area contributed by atoms with Gasteiger partial charge in [0.15, 0.2) is 23.1 Å². The standard InChI is InChI=1S/C39H39F3N2O6/c1-37(2)19-27-35(29(45)21-37)34(36-28(20-38(3,4)22-30(36)46)43(27)16-15-23-9-7-6-8-10-23)24-11-13-32(33(17-24)49-5)50-31-14-12-25(39(40,41)42)18-26(31)44(47)48/h6-14,17-18,34H,15-16,19-22H2,1-5H3. The van der Waals surface area contributed by atoms with Gasteiger partial charge in [0.25, 0.3) is 0 Å². The van der Waals surface area contributed by atoms with Crippen LogP contribution >= 0.6 is 0 Å². The Bertz CT molecular complexity index is 1890. The number of benzene rings is 3. The highest BCUT2D eigenvalue weighted by Gasteiger charge is 2.49. The molecule has 0 aromatic heterocycles. The van der Waals surface area contributed by atoms with Crippen molar-refractivity contribution in [3.8, 4) is 17.2 Å². The molecule has 3 aliphatic rings. The molecule has 0 atom stereocenters. The first-order valence-corrected chi connectivity index (χ1v) is 16.5. The first-order chi connectivity index (χ1) is 23.5. The van der Waals surface area contributed by atoms with Crippen LogP contribution in [-0.2, 0) is 22.2 Å². The number of halogens is 3. The Labute approximate surface area is 288 Å². The number of methoxy groups -OCH3 is 1. The van der Waals surface area contributed by atoms with Gasteiger partial charge in [0.2, 0.25) is 5.75 Å². The Morgan fingerprint density at radius 3 is 1.94 bits per heavy atom. The molecule has 0 N–H and O–H groups in total.